The van der Waals surface area contributed by atoms with Crippen molar-refractivity contribution in [1.82, 2.24) is 0 Å². The van der Waals surface area contributed by atoms with Crippen molar-refractivity contribution in [2.45, 2.75) is 68.6 Å². The summed E-state index contributed by atoms with van der Waals surface area (Å²) in [6, 6.07) is 0. The van der Waals surface area contributed by atoms with Crippen LogP contribution in [-0.2, 0) is 0 Å². The van der Waals surface area contributed by atoms with Crippen LogP contribution >= 0.6 is 0 Å². The zero-order valence-corrected chi connectivity index (χ0v) is 16.6. The van der Waals surface area contributed by atoms with Crippen LogP contribution in [0.3, 0.4) is 0 Å². The molecule has 0 spiro atoms. The Labute approximate surface area is 139 Å². The molecular formula is C21H30Ge. The normalized spacial score (nSPS) is 32.0. The predicted molar refractivity (Wildman–Crippen MR) is 96.4 cm³/mol. The van der Waals surface area contributed by atoms with Crippen LogP contribution < -0.4 is 0 Å². The predicted octanol–water partition coefficient (Wildman–Crippen LogP) is 6.04. The zero-order valence-electron chi connectivity index (χ0n) is 14.5. The van der Waals surface area contributed by atoms with Crippen LogP contribution in [-0.4, -0.2) is 13.3 Å². The maximum absolute atomic E-state index is 3.50. The van der Waals surface area contributed by atoms with Gasteiger partial charge in [0.1, 0.15) is 0 Å². The summed E-state index contributed by atoms with van der Waals surface area (Å²) < 4.78 is 0. The van der Waals surface area contributed by atoms with E-state index in [1.165, 1.54) is 47.9 Å². The van der Waals surface area contributed by atoms with Gasteiger partial charge in [0.05, 0.1) is 0 Å². The molecule has 0 amide bonds. The maximum atomic E-state index is 3.50. The average molecular weight is 355 g/mol. The van der Waals surface area contributed by atoms with Crippen molar-refractivity contribution < 1.29 is 0 Å². The van der Waals surface area contributed by atoms with Gasteiger partial charge in [-0.25, -0.2) is 0 Å². The van der Waals surface area contributed by atoms with Crippen molar-refractivity contribution in [3.05, 3.63) is 33.4 Å². The quantitative estimate of drug-likeness (QED) is 0.426. The fourth-order valence-corrected chi connectivity index (χ4v) is 10.5. The molecule has 1 heteroatoms. The fraction of sp³-hybridized carbons (Fsp3) is 0.714. The van der Waals surface area contributed by atoms with Crippen LogP contribution in [0.1, 0.15) is 52.9 Å². The number of hydrogen-bond acceptors (Lipinski definition) is 0. The molecule has 4 bridgehead atoms. The average Bonchev–Trinajstić information content (AvgIpc) is 2.53. The molecule has 4 aliphatic carbocycles. The SMILES string of the molecule is C[CH2][Ge]([CH]=C=C=C=C=C1C2CC3CC(C2)CC1C3)([CH2]C)[CH2]C. The molecule has 22 heavy (non-hydrogen) atoms. The second-order valence-corrected chi connectivity index (χ2v) is 18.6. The van der Waals surface area contributed by atoms with E-state index in [4.69, 9.17) is 0 Å². The van der Waals surface area contributed by atoms with Gasteiger partial charge in [0.2, 0.25) is 0 Å². The summed E-state index contributed by atoms with van der Waals surface area (Å²) in [6.07, 6.45) is 7.22. The molecule has 0 aromatic rings. The summed E-state index contributed by atoms with van der Waals surface area (Å²) in [4.78, 5) is 2.40. The Bertz CT molecular complexity index is 543. The second kappa shape index (κ2) is 6.88. The Morgan fingerprint density at radius 3 is 1.91 bits per heavy atom. The van der Waals surface area contributed by atoms with Gasteiger partial charge in [-0.3, -0.25) is 0 Å². The Balaban J connectivity index is 1.85. The summed E-state index contributed by atoms with van der Waals surface area (Å²) in [7, 11) is 0. The van der Waals surface area contributed by atoms with Gasteiger partial charge < -0.3 is 0 Å². The number of hydrogen-bond donors (Lipinski definition) is 0. The summed E-state index contributed by atoms with van der Waals surface area (Å²) in [5.41, 5.74) is 14.8. The van der Waals surface area contributed by atoms with Crippen LogP contribution in [0.4, 0.5) is 0 Å². The van der Waals surface area contributed by atoms with Crippen molar-refractivity contribution in [2.75, 3.05) is 0 Å². The molecule has 0 N–H and O–H groups in total. The van der Waals surface area contributed by atoms with Crippen molar-refractivity contribution in [2.24, 2.45) is 23.7 Å². The first kappa shape index (κ1) is 16.3. The summed E-state index contributed by atoms with van der Waals surface area (Å²) in [6.45, 7) is 7.05. The van der Waals surface area contributed by atoms with Gasteiger partial charge in [-0.2, -0.15) is 0 Å². The van der Waals surface area contributed by atoms with Crippen molar-refractivity contribution in [3.8, 4) is 0 Å². The molecule has 0 heterocycles. The standard InChI is InChI=1S/C21H30Ge/c1-4-22(5-2,6-3)11-9-7-8-10-21-19-13-17-12-18(15-19)16-20(21)14-17/h11,17-20H,4-6,12-16H2,1-3H3. The molecule has 0 nitrogen and oxygen atoms in total. The molecule has 0 saturated heterocycles. The first-order valence-electron chi connectivity index (χ1n) is 9.42. The zero-order chi connectivity index (χ0) is 15.6. The van der Waals surface area contributed by atoms with Crippen molar-refractivity contribution in [1.29, 1.82) is 0 Å². The molecule has 0 radical (unpaired) electrons. The number of rotatable bonds is 4. The molecule has 0 atom stereocenters. The third kappa shape index (κ3) is 3.19. The molecule has 4 rings (SSSR count). The molecule has 4 saturated carbocycles. The fourth-order valence-electron chi connectivity index (χ4n) is 5.28. The molecular weight excluding hydrogens is 325 g/mol. The van der Waals surface area contributed by atoms with Gasteiger partial charge >= 0.3 is 139 Å². The van der Waals surface area contributed by atoms with E-state index in [1.54, 1.807) is 5.57 Å². The van der Waals surface area contributed by atoms with E-state index in [2.05, 4.69) is 48.6 Å². The van der Waals surface area contributed by atoms with E-state index in [9.17, 15) is 0 Å². The van der Waals surface area contributed by atoms with Crippen LogP contribution in [0.25, 0.3) is 0 Å². The van der Waals surface area contributed by atoms with Crippen molar-refractivity contribution in [3.63, 3.8) is 0 Å². The molecule has 0 aromatic carbocycles. The van der Waals surface area contributed by atoms with E-state index in [0.29, 0.717) is 0 Å². The van der Waals surface area contributed by atoms with Gasteiger partial charge in [0, 0.05) is 0 Å². The Kier molecular flexibility index (Phi) is 5.09. The van der Waals surface area contributed by atoms with Crippen LogP contribution in [0.5, 0.6) is 0 Å². The van der Waals surface area contributed by atoms with Crippen LogP contribution in [0.15, 0.2) is 33.4 Å². The monoisotopic (exact) mass is 356 g/mol. The first-order chi connectivity index (χ1) is 10.7. The van der Waals surface area contributed by atoms with E-state index in [1.807, 2.05) is 0 Å². The van der Waals surface area contributed by atoms with Gasteiger partial charge in [-0.1, -0.05) is 0 Å². The van der Waals surface area contributed by atoms with E-state index in [0.717, 1.165) is 23.7 Å². The van der Waals surface area contributed by atoms with E-state index < -0.39 is 13.3 Å². The summed E-state index contributed by atoms with van der Waals surface area (Å²) >= 11 is -1.73. The third-order valence-electron chi connectivity index (χ3n) is 6.85. The topological polar surface area (TPSA) is 0 Å². The molecule has 118 valence electrons. The molecule has 4 aliphatic rings. The second-order valence-electron chi connectivity index (χ2n) is 7.85. The molecule has 0 aliphatic heterocycles. The first-order valence-corrected chi connectivity index (χ1v) is 15.1. The molecule has 0 unspecified atom stereocenters. The van der Waals surface area contributed by atoms with Crippen LogP contribution in [0.2, 0.25) is 15.8 Å². The van der Waals surface area contributed by atoms with E-state index in [-0.39, 0.29) is 0 Å². The Morgan fingerprint density at radius 2 is 1.41 bits per heavy atom. The van der Waals surface area contributed by atoms with Gasteiger partial charge in [0.25, 0.3) is 0 Å². The summed E-state index contributed by atoms with van der Waals surface area (Å²) in [5, 5.41) is 4.08. The van der Waals surface area contributed by atoms with Crippen molar-refractivity contribution >= 4 is 13.3 Å². The van der Waals surface area contributed by atoms with Gasteiger partial charge in [-0.15, -0.1) is 0 Å². The minimum absolute atomic E-state index is 0.827. The molecule has 4 fully saturated rings. The van der Waals surface area contributed by atoms with Gasteiger partial charge in [-0.05, 0) is 0 Å². The third-order valence-corrected chi connectivity index (χ3v) is 17.3. The van der Waals surface area contributed by atoms with Crippen LogP contribution in [0, 0.1) is 23.7 Å². The Morgan fingerprint density at radius 1 is 0.864 bits per heavy atom. The Hall–Kier alpha value is -0.597. The molecule has 0 aromatic heterocycles. The minimum atomic E-state index is -1.73. The summed E-state index contributed by atoms with van der Waals surface area (Å²) in [5.74, 6) is 3.71. The van der Waals surface area contributed by atoms with E-state index >= 15 is 0 Å². The van der Waals surface area contributed by atoms with Gasteiger partial charge in [0.15, 0.2) is 0 Å². The number of allylic oxidation sites excluding steroid dienone is 1.